The lowest BCUT2D eigenvalue weighted by Gasteiger charge is -2.21. The maximum Gasteiger partial charge on any atom is 0.243 e. The van der Waals surface area contributed by atoms with Crippen LogP contribution in [0.15, 0.2) is 41.3 Å². The highest BCUT2D eigenvalue weighted by atomic mass is 32.2. The molecule has 2 rings (SSSR count). The molecule has 142 valence electrons. The average molecular weight is 381 g/mol. The lowest BCUT2D eigenvalue weighted by molar-refractivity contribution is 0.319. The number of ether oxygens (including phenoxy) is 4. The monoisotopic (exact) mass is 381 g/mol. The Balaban J connectivity index is 2.34. The van der Waals surface area contributed by atoms with E-state index in [1.165, 1.54) is 51.9 Å². The van der Waals surface area contributed by atoms with Crippen LogP contribution in [0.3, 0.4) is 0 Å². The van der Waals surface area contributed by atoms with Crippen LogP contribution in [-0.2, 0) is 16.6 Å². The Hall–Kier alpha value is -2.45. The standard InChI is InChI=1S/C18H23NO6S/c1-19(26(20,21)15-9-7-14(22-2)8-10-15)12-13-6-11-16(23-3)18(25-5)17(13)24-4/h6-11H,12H2,1-5H3. The third-order valence-electron chi connectivity index (χ3n) is 3.95. The molecule has 7 nitrogen and oxygen atoms in total. The van der Waals surface area contributed by atoms with Crippen molar-refractivity contribution in [2.75, 3.05) is 35.5 Å². The lowest BCUT2D eigenvalue weighted by atomic mass is 10.1. The molecule has 0 spiro atoms. The molecular formula is C18H23NO6S. The maximum atomic E-state index is 12.8. The smallest absolute Gasteiger partial charge is 0.243 e. The molecule has 8 heteroatoms. The number of sulfonamides is 1. The van der Waals surface area contributed by atoms with Gasteiger partial charge >= 0.3 is 0 Å². The van der Waals surface area contributed by atoms with E-state index in [4.69, 9.17) is 18.9 Å². The summed E-state index contributed by atoms with van der Waals surface area (Å²) in [7, 11) is 3.89. The van der Waals surface area contributed by atoms with Crippen molar-refractivity contribution in [3.05, 3.63) is 42.0 Å². The predicted molar refractivity (Wildman–Crippen MR) is 97.7 cm³/mol. The molecule has 0 aliphatic carbocycles. The number of benzene rings is 2. The summed E-state index contributed by atoms with van der Waals surface area (Å²) in [6, 6.07) is 9.70. The van der Waals surface area contributed by atoms with Gasteiger partial charge in [-0.05, 0) is 30.3 Å². The van der Waals surface area contributed by atoms with Gasteiger partial charge in [0, 0.05) is 19.2 Å². The predicted octanol–water partition coefficient (Wildman–Crippen LogP) is 2.54. The van der Waals surface area contributed by atoms with Crippen molar-refractivity contribution in [3.63, 3.8) is 0 Å². The molecule has 0 unspecified atom stereocenters. The van der Waals surface area contributed by atoms with Gasteiger partial charge in [-0.25, -0.2) is 8.42 Å². The number of methoxy groups -OCH3 is 4. The average Bonchev–Trinajstić information content (AvgIpc) is 2.67. The van der Waals surface area contributed by atoms with Crippen LogP contribution in [0.5, 0.6) is 23.0 Å². The number of nitrogens with zero attached hydrogens (tertiary/aromatic N) is 1. The van der Waals surface area contributed by atoms with Gasteiger partial charge in [-0.15, -0.1) is 0 Å². The van der Waals surface area contributed by atoms with Crippen molar-refractivity contribution in [2.45, 2.75) is 11.4 Å². The first-order chi connectivity index (χ1) is 12.4. The molecule has 2 aromatic carbocycles. The zero-order chi connectivity index (χ0) is 19.3. The van der Waals surface area contributed by atoms with Crippen molar-refractivity contribution in [1.82, 2.24) is 4.31 Å². The van der Waals surface area contributed by atoms with E-state index in [0.717, 1.165) is 0 Å². The van der Waals surface area contributed by atoms with Gasteiger partial charge in [0.2, 0.25) is 15.8 Å². The van der Waals surface area contributed by atoms with E-state index in [0.29, 0.717) is 28.6 Å². The molecule has 0 amide bonds. The summed E-state index contributed by atoms with van der Waals surface area (Å²) in [5, 5.41) is 0. The first-order valence-electron chi connectivity index (χ1n) is 7.77. The molecule has 0 saturated carbocycles. The molecule has 0 saturated heterocycles. The molecule has 0 N–H and O–H groups in total. The SMILES string of the molecule is COc1ccc(S(=O)(=O)N(C)Cc2ccc(OC)c(OC)c2OC)cc1. The van der Waals surface area contributed by atoms with Crippen LogP contribution >= 0.6 is 0 Å². The minimum atomic E-state index is -3.67. The fourth-order valence-electron chi connectivity index (χ4n) is 2.54. The zero-order valence-electron chi connectivity index (χ0n) is 15.5. The highest BCUT2D eigenvalue weighted by molar-refractivity contribution is 7.89. The zero-order valence-corrected chi connectivity index (χ0v) is 16.3. The first kappa shape index (κ1) is 19.9. The quantitative estimate of drug-likeness (QED) is 0.700. The van der Waals surface area contributed by atoms with Crippen molar-refractivity contribution in [1.29, 1.82) is 0 Å². The Bertz CT molecular complexity index is 849. The fraction of sp³-hybridized carbons (Fsp3) is 0.333. The Morgan fingerprint density at radius 3 is 1.92 bits per heavy atom. The van der Waals surface area contributed by atoms with Crippen molar-refractivity contribution in [3.8, 4) is 23.0 Å². The van der Waals surface area contributed by atoms with Gasteiger partial charge in [0.25, 0.3) is 0 Å². The molecular weight excluding hydrogens is 358 g/mol. The van der Waals surface area contributed by atoms with Gasteiger partial charge < -0.3 is 18.9 Å². The Kier molecular flexibility index (Phi) is 6.33. The molecule has 0 bridgehead atoms. The Morgan fingerprint density at radius 1 is 0.808 bits per heavy atom. The highest BCUT2D eigenvalue weighted by Crippen LogP contribution is 2.40. The molecule has 26 heavy (non-hydrogen) atoms. The summed E-state index contributed by atoms with van der Waals surface area (Å²) in [5.74, 6) is 1.95. The van der Waals surface area contributed by atoms with E-state index in [1.807, 2.05) is 0 Å². The van der Waals surface area contributed by atoms with Crippen LogP contribution in [0, 0.1) is 0 Å². The largest absolute Gasteiger partial charge is 0.497 e. The van der Waals surface area contributed by atoms with E-state index in [-0.39, 0.29) is 11.4 Å². The summed E-state index contributed by atoms with van der Waals surface area (Å²) in [6.45, 7) is 0.109. The van der Waals surface area contributed by atoms with Crippen molar-refractivity contribution < 1.29 is 27.4 Å². The van der Waals surface area contributed by atoms with E-state index in [9.17, 15) is 8.42 Å². The van der Waals surface area contributed by atoms with Gasteiger partial charge in [-0.3, -0.25) is 0 Å². The van der Waals surface area contributed by atoms with E-state index in [1.54, 1.807) is 24.3 Å². The van der Waals surface area contributed by atoms with Gasteiger partial charge in [-0.1, -0.05) is 6.07 Å². The van der Waals surface area contributed by atoms with Crippen LogP contribution in [0.4, 0.5) is 0 Å². The Labute approximate surface area is 154 Å². The van der Waals surface area contributed by atoms with Gasteiger partial charge in [-0.2, -0.15) is 4.31 Å². The molecule has 0 heterocycles. The van der Waals surface area contributed by atoms with Gasteiger partial charge in [0.1, 0.15) is 5.75 Å². The third-order valence-corrected chi connectivity index (χ3v) is 5.76. The molecule has 2 aromatic rings. The molecule has 0 fully saturated rings. The second-order valence-corrected chi connectivity index (χ2v) is 7.47. The van der Waals surface area contributed by atoms with Crippen LogP contribution < -0.4 is 18.9 Å². The third kappa shape index (κ3) is 3.86. The second-order valence-electron chi connectivity index (χ2n) is 5.43. The number of hydrogen-bond acceptors (Lipinski definition) is 6. The molecule has 0 aliphatic rings. The van der Waals surface area contributed by atoms with Gasteiger partial charge in [0.05, 0.1) is 33.3 Å². The van der Waals surface area contributed by atoms with Crippen LogP contribution in [0.25, 0.3) is 0 Å². The summed E-state index contributed by atoms with van der Waals surface area (Å²) < 4.78 is 47.9. The summed E-state index contributed by atoms with van der Waals surface area (Å²) in [4.78, 5) is 0.181. The molecule has 0 aliphatic heterocycles. The van der Waals surface area contributed by atoms with E-state index < -0.39 is 10.0 Å². The van der Waals surface area contributed by atoms with Crippen LogP contribution in [0.1, 0.15) is 5.56 Å². The topological polar surface area (TPSA) is 74.3 Å². The Morgan fingerprint density at radius 2 is 1.42 bits per heavy atom. The molecule has 0 radical (unpaired) electrons. The van der Waals surface area contributed by atoms with Gasteiger partial charge in [0.15, 0.2) is 11.5 Å². The van der Waals surface area contributed by atoms with E-state index in [2.05, 4.69) is 0 Å². The maximum absolute atomic E-state index is 12.8. The minimum Gasteiger partial charge on any atom is -0.497 e. The summed E-state index contributed by atoms with van der Waals surface area (Å²) in [6.07, 6.45) is 0. The van der Waals surface area contributed by atoms with Crippen molar-refractivity contribution in [2.24, 2.45) is 0 Å². The summed E-state index contributed by atoms with van der Waals surface area (Å²) >= 11 is 0. The lowest BCUT2D eigenvalue weighted by Crippen LogP contribution is -2.26. The number of hydrogen-bond donors (Lipinski definition) is 0. The minimum absolute atomic E-state index is 0.109. The number of rotatable bonds is 8. The van der Waals surface area contributed by atoms with Crippen LogP contribution in [-0.4, -0.2) is 48.2 Å². The van der Waals surface area contributed by atoms with Crippen LogP contribution in [0.2, 0.25) is 0 Å². The normalized spacial score (nSPS) is 11.3. The molecule has 0 atom stereocenters. The summed E-state index contributed by atoms with van der Waals surface area (Å²) in [5.41, 5.74) is 0.657. The fourth-order valence-corrected chi connectivity index (χ4v) is 3.69. The highest BCUT2D eigenvalue weighted by Gasteiger charge is 2.24. The first-order valence-corrected chi connectivity index (χ1v) is 9.21. The second kappa shape index (κ2) is 8.29. The van der Waals surface area contributed by atoms with E-state index >= 15 is 0 Å². The van der Waals surface area contributed by atoms with Crippen molar-refractivity contribution >= 4 is 10.0 Å². The molecule has 0 aromatic heterocycles.